The summed E-state index contributed by atoms with van der Waals surface area (Å²) in [4.78, 5) is 16.1. The maximum atomic E-state index is 6.18. The zero-order valence-electron chi connectivity index (χ0n) is 11.4. The van der Waals surface area contributed by atoms with E-state index in [1.807, 2.05) is 19.5 Å². The van der Waals surface area contributed by atoms with Crippen LogP contribution >= 0.6 is 22.9 Å². The van der Waals surface area contributed by atoms with Gasteiger partial charge in [0.25, 0.3) is 0 Å². The fourth-order valence-electron chi connectivity index (χ4n) is 1.94. The molecule has 2 heterocycles. The SMILES string of the molecule is CCCc1c(Cl)ncnc1N(C)Cc1scnc1C. The van der Waals surface area contributed by atoms with Crippen LogP contribution in [-0.2, 0) is 13.0 Å². The van der Waals surface area contributed by atoms with Crippen molar-refractivity contribution in [1.82, 2.24) is 15.0 Å². The molecule has 102 valence electrons. The topological polar surface area (TPSA) is 41.9 Å². The first-order valence-corrected chi connectivity index (χ1v) is 7.48. The summed E-state index contributed by atoms with van der Waals surface area (Å²) in [5.41, 5.74) is 3.98. The van der Waals surface area contributed by atoms with E-state index in [2.05, 4.69) is 26.8 Å². The molecule has 0 aliphatic heterocycles. The zero-order chi connectivity index (χ0) is 13.8. The molecule has 2 aromatic rings. The van der Waals surface area contributed by atoms with Gasteiger partial charge in [-0.05, 0) is 13.3 Å². The Morgan fingerprint density at radius 2 is 2.11 bits per heavy atom. The predicted molar refractivity (Wildman–Crippen MR) is 80.0 cm³/mol. The van der Waals surface area contributed by atoms with Crippen LogP contribution in [0.1, 0.15) is 29.5 Å². The molecule has 6 heteroatoms. The molecule has 2 aromatic heterocycles. The normalized spacial score (nSPS) is 10.7. The molecule has 0 saturated carbocycles. The molecule has 2 rings (SSSR count). The van der Waals surface area contributed by atoms with Gasteiger partial charge in [0.2, 0.25) is 0 Å². The van der Waals surface area contributed by atoms with Gasteiger partial charge >= 0.3 is 0 Å². The molecule has 0 spiro atoms. The van der Waals surface area contributed by atoms with Crippen molar-refractivity contribution in [3.8, 4) is 0 Å². The highest BCUT2D eigenvalue weighted by Crippen LogP contribution is 2.26. The van der Waals surface area contributed by atoms with Crippen molar-refractivity contribution in [3.05, 3.63) is 33.1 Å². The first kappa shape index (κ1) is 14.2. The summed E-state index contributed by atoms with van der Waals surface area (Å²) in [6.07, 6.45) is 3.43. The molecule has 0 saturated heterocycles. The number of thiazole rings is 1. The van der Waals surface area contributed by atoms with Crippen LogP contribution in [0, 0.1) is 6.92 Å². The Labute approximate surface area is 122 Å². The Hall–Kier alpha value is -1.20. The first-order chi connectivity index (χ1) is 9.13. The van der Waals surface area contributed by atoms with Crippen molar-refractivity contribution in [2.45, 2.75) is 33.2 Å². The van der Waals surface area contributed by atoms with E-state index in [1.165, 1.54) is 11.2 Å². The van der Waals surface area contributed by atoms with Crippen LogP contribution < -0.4 is 4.90 Å². The van der Waals surface area contributed by atoms with E-state index in [9.17, 15) is 0 Å². The number of hydrogen-bond donors (Lipinski definition) is 0. The summed E-state index contributed by atoms with van der Waals surface area (Å²) < 4.78 is 0. The van der Waals surface area contributed by atoms with Gasteiger partial charge in [0.1, 0.15) is 17.3 Å². The molecule has 0 amide bonds. The summed E-state index contributed by atoms with van der Waals surface area (Å²) in [6.45, 7) is 4.95. The summed E-state index contributed by atoms with van der Waals surface area (Å²) in [5, 5.41) is 0.555. The third kappa shape index (κ3) is 3.22. The molecule has 0 aliphatic rings. The molecular formula is C13H17ClN4S. The molecule has 0 aliphatic carbocycles. The van der Waals surface area contributed by atoms with E-state index in [0.29, 0.717) is 5.15 Å². The quantitative estimate of drug-likeness (QED) is 0.792. The molecule has 0 N–H and O–H groups in total. The summed E-state index contributed by atoms with van der Waals surface area (Å²) in [6, 6.07) is 0. The number of halogens is 1. The smallest absolute Gasteiger partial charge is 0.137 e. The van der Waals surface area contributed by atoms with Crippen LogP contribution in [0.4, 0.5) is 5.82 Å². The van der Waals surface area contributed by atoms with Gasteiger partial charge in [0.15, 0.2) is 0 Å². The number of rotatable bonds is 5. The van der Waals surface area contributed by atoms with E-state index >= 15 is 0 Å². The lowest BCUT2D eigenvalue weighted by atomic mass is 10.2. The maximum Gasteiger partial charge on any atom is 0.137 e. The van der Waals surface area contributed by atoms with Gasteiger partial charge in [0, 0.05) is 17.5 Å². The summed E-state index contributed by atoms with van der Waals surface area (Å²) in [5.74, 6) is 0.912. The van der Waals surface area contributed by atoms with E-state index in [0.717, 1.165) is 36.5 Å². The van der Waals surface area contributed by atoms with Crippen LogP contribution in [0.3, 0.4) is 0 Å². The van der Waals surface area contributed by atoms with Crippen LogP contribution in [0.2, 0.25) is 5.15 Å². The Kier molecular flexibility index (Phi) is 4.71. The minimum atomic E-state index is 0.555. The van der Waals surface area contributed by atoms with Gasteiger partial charge in [0.05, 0.1) is 17.7 Å². The van der Waals surface area contributed by atoms with Crippen LogP contribution in [0.15, 0.2) is 11.8 Å². The third-order valence-corrected chi connectivity index (χ3v) is 4.20. The average molecular weight is 297 g/mol. The van der Waals surface area contributed by atoms with E-state index in [1.54, 1.807) is 11.3 Å². The predicted octanol–water partition coefficient (Wildman–Crippen LogP) is 3.48. The van der Waals surface area contributed by atoms with Gasteiger partial charge in [-0.25, -0.2) is 15.0 Å². The highest BCUT2D eigenvalue weighted by molar-refractivity contribution is 7.09. The summed E-state index contributed by atoms with van der Waals surface area (Å²) in [7, 11) is 2.02. The van der Waals surface area contributed by atoms with E-state index < -0.39 is 0 Å². The molecule has 0 bridgehead atoms. The molecule has 4 nitrogen and oxygen atoms in total. The molecule has 0 unspecified atom stereocenters. The Morgan fingerprint density at radius 1 is 1.32 bits per heavy atom. The molecule has 0 aromatic carbocycles. The van der Waals surface area contributed by atoms with Crippen molar-refractivity contribution in [2.24, 2.45) is 0 Å². The van der Waals surface area contributed by atoms with Gasteiger partial charge < -0.3 is 4.90 Å². The number of nitrogens with zero attached hydrogens (tertiary/aromatic N) is 4. The van der Waals surface area contributed by atoms with Gasteiger partial charge in [-0.15, -0.1) is 11.3 Å². The lowest BCUT2D eigenvalue weighted by molar-refractivity contribution is 0.844. The minimum absolute atomic E-state index is 0.555. The Morgan fingerprint density at radius 3 is 2.74 bits per heavy atom. The van der Waals surface area contributed by atoms with Crippen LogP contribution in [0.25, 0.3) is 0 Å². The number of aryl methyl sites for hydroxylation is 1. The zero-order valence-corrected chi connectivity index (χ0v) is 12.9. The molecular weight excluding hydrogens is 280 g/mol. The second kappa shape index (κ2) is 6.30. The second-order valence-electron chi connectivity index (χ2n) is 4.43. The first-order valence-electron chi connectivity index (χ1n) is 6.23. The van der Waals surface area contributed by atoms with Crippen LogP contribution in [-0.4, -0.2) is 22.0 Å². The lowest BCUT2D eigenvalue weighted by Gasteiger charge is -2.20. The second-order valence-corrected chi connectivity index (χ2v) is 5.73. The van der Waals surface area contributed by atoms with Gasteiger partial charge in [-0.1, -0.05) is 24.9 Å². The average Bonchev–Trinajstić information content (AvgIpc) is 2.78. The molecule has 0 fully saturated rings. The maximum absolute atomic E-state index is 6.18. The monoisotopic (exact) mass is 296 g/mol. The van der Waals surface area contributed by atoms with Crippen molar-refractivity contribution in [3.63, 3.8) is 0 Å². The number of hydrogen-bond acceptors (Lipinski definition) is 5. The van der Waals surface area contributed by atoms with Gasteiger partial charge in [-0.2, -0.15) is 0 Å². The minimum Gasteiger partial charge on any atom is -0.354 e. The van der Waals surface area contributed by atoms with E-state index in [-0.39, 0.29) is 0 Å². The van der Waals surface area contributed by atoms with Crippen LogP contribution in [0.5, 0.6) is 0 Å². The number of aromatic nitrogens is 3. The highest BCUT2D eigenvalue weighted by atomic mass is 35.5. The fraction of sp³-hybridized carbons (Fsp3) is 0.462. The molecule has 0 atom stereocenters. The van der Waals surface area contributed by atoms with E-state index in [4.69, 9.17) is 11.6 Å². The third-order valence-electron chi connectivity index (χ3n) is 2.96. The van der Waals surface area contributed by atoms with Crippen molar-refractivity contribution >= 4 is 28.8 Å². The fourth-order valence-corrected chi connectivity index (χ4v) is 3.00. The standard InChI is InChI=1S/C13H17ClN4S/c1-4-5-10-12(14)15-7-16-13(10)18(3)6-11-9(2)17-8-19-11/h7-8H,4-6H2,1-3H3. The Bertz CT molecular complexity index is 555. The Balaban J connectivity index is 2.26. The van der Waals surface area contributed by atoms with Crippen molar-refractivity contribution in [1.29, 1.82) is 0 Å². The summed E-state index contributed by atoms with van der Waals surface area (Å²) >= 11 is 7.84. The largest absolute Gasteiger partial charge is 0.354 e. The van der Waals surface area contributed by atoms with Gasteiger partial charge in [-0.3, -0.25) is 0 Å². The van der Waals surface area contributed by atoms with Crippen molar-refractivity contribution in [2.75, 3.05) is 11.9 Å². The lowest BCUT2D eigenvalue weighted by Crippen LogP contribution is -2.20. The van der Waals surface area contributed by atoms with Crippen molar-refractivity contribution < 1.29 is 0 Å². The number of anilines is 1. The molecule has 0 radical (unpaired) electrons. The highest BCUT2D eigenvalue weighted by Gasteiger charge is 2.14. The molecule has 19 heavy (non-hydrogen) atoms.